The van der Waals surface area contributed by atoms with Crippen LogP contribution in [0.2, 0.25) is 0 Å². The van der Waals surface area contributed by atoms with E-state index in [0.29, 0.717) is 30.6 Å². The predicted molar refractivity (Wildman–Crippen MR) is 148 cm³/mol. The lowest BCUT2D eigenvalue weighted by Crippen LogP contribution is -2.52. The first-order valence-electron chi connectivity index (χ1n) is 14.3. The number of nitrogens with zero attached hydrogens (tertiary/aromatic N) is 3. The van der Waals surface area contributed by atoms with Gasteiger partial charge >= 0.3 is 0 Å². The van der Waals surface area contributed by atoms with Crippen LogP contribution in [0.4, 0.5) is 5.69 Å². The molecule has 0 bridgehead atoms. The molecular formula is C31H38N4O4. The molecule has 0 spiro atoms. The smallest absolute Gasteiger partial charge is 0.255 e. The van der Waals surface area contributed by atoms with Crippen molar-refractivity contribution in [1.82, 2.24) is 15.1 Å². The number of nitrogens with one attached hydrogen (secondary N) is 1. The maximum atomic E-state index is 13.0. The van der Waals surface area contributed by atoms with E-state index in [2.05, 4.69) is 51.5 Å². The molecule has 0 aliphatic carbocycles. The van der Waals surface area contributed by atoms with Gasteiger partial charge in [-0.2, -0.15) is 0 Å². The van der Waals surface area contributed by atoms with Crippen LogP contribution in [0.1, 0.15) is 71.5 Å². The Hall–Kier alpha value is -3.23. The Kier molecular flexibility index (Phi) is 7.40. The van der Waals surface area contributed by atoms with E-state index >= 15 is 0 Å². The normalized spacial score (nSPS) is 23.3. The highest BCUT2D eigenvalue weighted by Gasteiger charge is 2.39. The van der Waals surface area contributed by atoms with Gasteiger partial charge in [-0.05, 0) is 86.0 Å². The zero-order chi connectivity index (χ0) is 26.9. The van der Waals surface area contributed by atoms with E-state index in [4.69, 9.17) is 4.74 Å². The lowest BCUT2D eigenvalue weighted by atomic mass is 9.87. The van der Waals surface area contributed by atoms with Crippen LogP contribution in [0.25, 0.3) is 0 Å². The molecule has 4 aliphatic heterocycles. The van der Waals surface area contributed by atoms with Gasteiger partial charge in [0.25, 0.3) is 5.91 Å². The van der Waals surface area contributed by atoms with Crippen molar-refractivity contribution in [3.05, 3.63) is 64.7 Å². The molecule has 3 amide bonds. The van der Waals surface area contributed by atoms with Crippen LogP contribution in [-0.2, 0) is 27.4 Å². The van der Waals surface area contributed by atoms with E-state index in [-0.39, 0.29) is 24.1 Å². The molecule has 1 atom stereocenters. The quantitative estimate of drug-likeness (QED) is 0.577. The fourth-order valence-electron chi connectivity index (χ4n) is 6.69. The van der Waals surface area contributed by atoms with Gasteiger partial charge in [-0.15, -0.1) is 0 Å². The average Bonchev–Trinajstić information content (AvgIpc) is 3.29. The van der Waals surface area contributed by atoms with Crippen LogP contribution >= 0.6 is 0 Å². The SMILES string of the molecule is COC1CCN(c2ccc(CN3CCC(c4ccc5c(c4)CN(C4CCC(=O)NC4=O)C5=O)CC3)cc2)CC1. The minimum atomic E-state index is -0.564. The van der Waals surface area contributed by atoms with E-state index in [1.807, 2.05) is 13.2 Å². The second kappa shape index (κ2) is 11.1. The highest BCUT2D eigenvalue weighted by molar-refractivity contribution is 6.05. The number of hydrogen-bond donors (Lipinski definition) is 1. The topological polar surface area (TPSA) is 82.2 Å². The molecule has 1 N–H and O–H groups in total. The van der Waals surface area contributed by atoms with E-state index < -0.39 is 6.04 Å². The van der Waals surface area contributed by atoms with Crippen molar-refractivity contribution in [2.45, 2.75) is 69.7 Å². The molecule has 4 heterocycles. The molecule has 4 aliphatic rings. The fraction of sp³-hybridized carbons (Fsp3) is 0.516. The Morgan fingerprint density at radius 1 is 0.897 bits per heavy atom. The molecule has 2 aromatic carbocycles. The molecule has 3 saturated heterocycles. The minimum Gasteiger partial charge on any atom is -0.381 e. The number of anilines is 1. The Morgan fingerprint density at radius 2 is 1.64 bits per heavy atom. The molecule has 8 nitrogen and oxygen atoms in total. The second-order valence-electron chi connectivity index (χ2n) is 11.5. The van der Waals surface area contributed by atoms with Crippen molar-refractivity contribution in [3.63, 3.8) is 0 Å². The molecule has 2 aromatic rings. The maximum absolute atomic E-state index is 13.0. The van der Waals surface area contributed by atoms with Gasteiger partial charge in [-0.25, -0.2) is 0 Å². The van der Waals surface area contributed by atoms with E-state index in [1.54, 1.807) is 4.90 Å². The highest BCUT2D eigenvalue weighted by Crippen LogP contribution is 2.34. The number of rotatable bonds is 6. The van der Waals surface area contributed by atoms with Crippen molar-refractivity contribution in [2.75, 3.05) is 38.2 Å². The lowest BCUT2D eigenvalue weighted by molar-refractivity contribution is -0.136. The third-order valence-electron chi connectivity index (χ3n) is 9.09. The number of likely N-dealkylation sites (tertiary alicyclic amines) is 1. The molecule has 0 aromatic heterocycles. The number of methoxy groups -OCH3 is 1. The summed E-state index contributed by atoms with van der Waals surface area (Å²) < 4.78 is 5.50. The first-order valence-corrected chi connectivity index (χ1v) is 14.3. The largest absolute Gasteiger partial charge is 0.381 e. The average molecular weight is 531 g/mol. The van der Waals surface area contributed by atoms with Crippen LogP contribution in [0.3, 0.4) is 0 Å². The van der Waals surface area contributed by atoms with Gasteiger partial charge in [0.15, 0.2) is 0 Å². The lowest BCUT2D eigenvalue weighted by Gasteiger charge is -2.33. The minimum absolute atomic E-state index is 0.105. The van der Waals surface area contributed by atoms with Crippen molar-refractivity contribution < 1.29 is 19.1 Å². The van der Waals surface area contributed by atoms with Gasteiger partial charge in [0.1, 0.15) is 6.04 Å². The first kappa shape index (κ1) is 26.0. The number of ether oxygens (including phenoxy) is 1. The summed E-state index contributed by atoms with van der Waals surface area (Å²) in [7, 11) is 1.81. The van der Waals surface area contributed by atoms with Crippen LogP contribution in [-0.4, -0.2) is 73.0 Å². The summed E-state index contributed by atoms with van der Waals surface area (Å²) in [5, 5.41) is 2.38. The molecule has 206 valence electrons. The summed E-state index contributed by atoms with van der Waals surface area (Å²) in [6.45, 7) is 5.62. The Bertz CT molecular complexity index is 1230. The van der Waals surface area contributed by atoms with Gasteiger partial charge in [0.05, 0.1) is 6.10 Å². The third kappa shape index (κ3) is 5.45. The Balaban J connectivity index is 1.02. The summed E-state index contributed by atoms with van der Waals surface area (Å²) in [5.74, 6) is -0.249. The molecule has 0 saturated carbocycles. The van der Waals surface area contributed by atoms with Crippen molar-refractivity contribution in [1.29, 1.82) is 0 Å². The first-order chi connectivity index (χ1) is 19.0. The summed E-state index contributed by atoms with van der Waals surface area (Å²) >= 11 is 0. The third-order valence-corrected chi connectivity index (χ3v) is 9.09. The molecule has 0 radical (unpaired) electrons. The number of fused-ring (bicyclic) bond motifs is 1. The van der Waals surface area contributed by atoms with Gasteiger partial charge in [0.2, 0.25) is 11.8 Å². The van der Waals surface area contributed by atoms with E-state index in [0.717, 1.165) is 64.0 Å². The molecule has 8 heteroatoms. The Labute approximate surface area is 230 Å². The zero-order valence-corrected chi connectivity index (χ0v) is 22.7. The monoisotopic (exact) mass is 530 g/mol. The fourth-order valence-corrected chi connectivity index (χ4v) is 6.69. The summed E-state index contributed by atoms with van der Waals surface area (Å²) in [5.41, 5.74) is 5.63. The maximum Gasteiger partial charge on any atom is 0.255 e. The number of carbonyl (C=O) groups excluding carboxylic acids is 3. The standard InChI is InChI=1S/C31H38N4O4/c1-39-26-12-16-34(17-13-26)25-5-2-21(3-6-25)19-33-14-10-22(11-15-33)23-4-7-27-24(18-23)20-35(31(27)38)28-8-9-29(36)32-30(28)37/h2-7,18,22,26,28H,8-17,19-20H2,1H3,(H,32,36,37). The van der Waals surface area contributed by atoms with Gasteiger partial charge in [-0.3, -0.25) is 24.6 Å². The molecule has 1 unspecified atom stereocenters. The van der Waals surface area contributed by atoms with Gasteiger partial charge < -0.3 is 14.5 Å². The van der Waals surface area contributed by atoms with E-state index in [1.165, 1.54) is 16.8 Å². The zero-order valence-electron chi connectivity index (χ0n) is 22.7. The van der Waals surface area contributed by atoms with Crippen LogP contribution < -0.4 is 10.2 Å². The number of imide groups is 1. The molecule has 6 rings (SSSR count). The number of benzene rings is 2. The van der Waals surface area contributed by atoms with Gasteiger partial charge in [-0.1, -0.05) is 24.3 Å². The van der Waals surface area contributed by atoms with Crippen molar-refractivity contribution in [3.8, 4) is 0 Å². The van der Waals surface area contributed by atoms with Gasteiger partial charge in [0, 0.05) is 51.0 Å². The van der Waals surface area contributed by atoms with E-state index in [9.17, 15) is 14.4 Å². The van der Waals surface area contributed by atoms with Crippen LogP contribution in [0.5, 0.6) is 0 Å². The highest BCUT2D eigenvalue weighted by atomic mass is 16.5. The van der Waals surface area contributed by atoms with Crippen molar-refractivity contribution in [2.24, 2.45) is 0 Å². The Morgan fingerprint density at radius 3 is 2.33 bits per heavy atom. The predicted octanol–water partition coefficient (Wildman–Crippen LogP) is 3.44. The number of hydrogen-bond acceptors (Lipinski definition) is 6. The number of piperidine rings is 3. The van der Waals surface area contributed by atoms with Crippen LogP contribution in [0, 0.1) is 0 Å². The number of carbonyl (C=O) groups is 3. The molecule has 39 heavy (non-hydrogen) atoms. The van der Waals surface area contributed by atoms with Crippen LogP contribution in [0.15, 0.2) is 42.5 Å². The summed E-state index contributed by atoms with van der Waals surface area (Å²) in [6, 6.07) is 14.7. The summed E-state index contributed by atoms with van der Waals surface area (Å²) in [4.78, 5) is 43.5. The second-order valence-corrected chi connectivity index (χ2v) is 11.5. The molecular weight excluding hydrogens is 492 g/mol. The summed E-state index contributed by atoms with van der Waals surface area (Å²) in [6.07, 6.45) is 5.43. The van der Waals surface area contributed by atoms with Crippen molar-refractivity contribution >= 4 is 23.4 Å². The molecule has 3 fully saturated rings. The number of amides is 3.